The van der Waals surface area contributed by atoms with Crippen LogP contribution in [-0.2, 0) is 6.54 Å². The van der Waals surface area contributed by atoms with E-state index in [1.54, 1.807) is 6.33 Å². The number of rotatable bonds is 5. The maximum atomic E-state index is 4.43. The van der Waals surface area contributed by atoms with E-state index in [2.05, 4.69) is 37.3 Å². The zero-order chi connectivity index (χ0) is 13.9. The molecule has 0 aliphatic carbocycles. The van der Waals surface area contributed by atoms with Gasteiger partial charge in [0.25, 0.3) is 0 Å². The Morgan fingerprint density at radius 1 is 1.30 bits per heavy atom. The van der Waals surface area contributed by atoms with E-state index in [4.69, 9.17) is 0 Å². The topological polar surface area (TPSA) is 84.3 Å². The molecule has 3 heterocycles. The van der Waals surface area contributed by atoms with Gasteiger partial charge in [0.1, 0.15) is 11.8 Å². The lowest BCUT2D eigenvalue weighted by molar-refractivity contribution is 0.672. The van der Waals surface area contributed by atoms with Crippen LogP contribution in [0.4, 0.5) is 0 Å². The van der Waals surface area contributed by atoms with E-state index in [1.165, 1.54) is 11.9 Å². The van der Waals surface area contributed by atoms with E-state index >= 15 is 0 Å². The number of imidazole rings is 1. The summed E-state index contributed by atoms with van der Waals surface area (Å²) in [5.41, 5.74) is 3.69. The molecule has 20 heavy (non-hydrogen) atoms. The molecule has 2 N–H and O–H groups in total. The predicted octanol–water partition coefficient (Wildman–Crippen LogP) is 1.35. The van der Waals surface area contributed by atoms with Gasteiger partial charge in [-0.2, -0.15) is 5.10 Å². The lowest BCUT2D eigenvalue weighted by Crippen LogP contribution is -2.14. The predicted molar refractivity (Wildman–Crippen MR) is 75.5 cm³/mol. The number of hydrogen-bond acceptors (Lipinski definition) is 5. The molecule has 0 atom stereocenters. The first-order chi connectivity index (χ1) is 9.81. The second-order valence-electron chi connectivity index (χ2n) is 4.64. The fourth-order valence-corrected chi connectivity index (χ4v) is 2.14. The first kappa shape index (κ1) is 12.7. The van der Waals surface area contributed by atoms with Crippen LogP contribution >= 0.6 is 0 Å². The molecule has 7 heteroatoms. The lowest BCUT2D eigenvalue weighted by Gasteiger charge is -2.05. The molecule has 0 fully saturated rings. The monoisotopic (exact) mass is 271 g/mol. The van der Waals surface area contributed by atoms with Gasteiger partial charge in [-0.25, -0.2) is 19.6 Å². The van der Waals surface area contributed by atoms with E-state index in [-0.39, 0.29) is 0 Å². The minimum absolute atomic E-state index is 0.649. The Morgan fingerprint density at radius 2 is 2.20 bits per heavy atom. The standard InChI is InChI=1S/C13H17N7/c1-3-4-14-5-10-6-19-20(9(10)2)13-11-12(16-7-15-11)17-8-18-13/h6-8,14H,3-5H2,1-2H3,(H,15,16,17,18). The summed E-state index contributed by atoms with van der Waals surface area (Å²) >= 11 is 0. The van der Waals surface area contributed by atoms with Crippen molar-refractivity contribution >= 4 is 11.2 Å². The van der Waals surface area contributed by atoms with E-state index in [0.717, 1.165) is 36.5 Å². The van der Waals surface area contributed by atoms with Crippen LogP contribution in [0.25, 0.3) is 17.0 Å². The van der Waals surface area contributed by atoms with Crippen LogP contribution in [-0.4, -0.2) is 36.3 Å². The quantitative estimate of drug-likeness (QED) is 0.684. The number of aromatic amines is 1. The van der Waals surface area contributed by atoms with Crippen molar-refractivity contribution < 1.29 is 0 Å². The second kappa shape index (κ2) is 5.38. The SMILES string of the molecule is CCCNCc1cnn(-c2ncnc3nc[nH]c23)c1C. The molecule has 0 unspecified atom stereocenters. The molecule has 3 aromatic rings. The first-order valence-electron chi connectivity index (χ1n) is 6.70. The molecule has 3 rings (SSSR count). The maximum Gasteiger partial charge on any atom is 0.182 e. The van der Waals surface area contributed by atoms with Crippen molar-refractivity contribution in [2.45, 2.75) is 26.8 Å². The molecule has 0 radical (unpaired) electrons. The van der Waals surface area contributed by atoms with Crippen LogP contribution in [0.1, 0.15) is 24.6 Å². The maximum absolute atomic E-state index is 4.43. The van der Waals surface area contributed by atoms with Crippen LogP contribution in [0.15, 0.2) is 18.9 Å². The number of H-pyrrole nitrogens is 1. The van der Waals surface area contributed by atoms with Crippen molar-refractivity contribution in [3.63, 3.8) is 0 Å². The molecule has 0 aliphatic heterocycles. The van der Waals surface area contributed by atoms with Crippen LogP contribution in [0.2, 0.25) is 0 Å². The van der Waals surface area contributed by atoms with E-state index < -0.39 is 0 Å². The van der Waals surface area contributed by atoms with E-state index in [1.807, 2.05) is 17.8 Å². The third-order valence-corrected chi connectivity index (χ3v) is 3.26. The van der Waals surface area contributed by atoms with Crippen molar-refractivity contribution in [3.8, 4) is 5.82 Å². The average Bonchev–Trinajstić information content (AvgIpc) is 3.06. The van der Waals surface area contributed by atoms with Crippen molar-refractivity contribution in [2.75, 3.05) is 6.54 Å². The zero-order valence-corrected chi connectivity index (χ0v) is 11.6. The van der Waals surface area contributed by atoms with Gasteiger partial charge >= 0.3 is 0 Å². The summed E-state index contributed by atoms with van der Waals surface area (Å²) < 4.78 is 1.82. The van der Waals surface area contributed by atoms with Gasteiger partial charge in [-0.05, 0) is 19.9 Å². The summed E-state index contributed by atoms with van der Waals surface area (Å²) in [6, 6.07) is 0. The fourth-order valence-electron chi connectivity index (χ4n) is 2.14. The molecule has 7 nitrogen and oxygen atoms in total. The van der Waals surface area contributed by atoms with Gasteiger partial charge in [-0.3, -0.25) is 0 Å². The first-order valence-corrected chi connectivity index (χ1v) is 6.70. The highest BCUT2D eigenvalue weighted by molar-refractivity contribution is 5.77. The van der Waals surface area contributed by atoms with Gasteiger partial charge in [0.2, 0.25) is 0 Å². The smallest absolute Gasteiger partial charge is 0.182 e. The number of nitrogens with one attached hydrogen (secondary N) is 2. The minimum Gasteiger partial charge on any atom is -0.340 e. The number of aromatic nitrogens is 6. The molecular weight excluding hydrogens is 254 g/mol. The van der Waals surface area contributed by atoms with Gasteiger partial charge < -0.3 is 10.3 Å². The molecular formula is C13H17N7. The minimum atomic E-state index is 0.649. The molecule has 0 amide bonds. The van der Waals surface area contributed by atoms with Crippen LogP contribution in [0, 0.1) is 6.92 Å². The Kier molecular flexibility index (Phi) is 3.42. The molecule has 0 aromatic carbocycles. The third kappa shape index (κ3) is 2.16. The summed E-state index contributed by atoms with van der Waals surface area (Å²) in [6.07, 6.45) is 6.12. The fraction of sp³-hybridized carbons (Fsp3) is 0.385. The van der Waals surface area contributed by atoms with Gasteiger partial charge in [0.15, 0.2) is 11.5 Å². The number of hydrogen-bond donors (Lipinski definition) is 2. The Balaban J connectivity index is 1.96. The summed E-state index contributed by atoms with van der Waals surface area (Å²) in [7, 11) is 0. The van der Waals surface area contributed by atoms with Gasteiger partial charge in [-0.15, -0.1) is 0 Å². The Labute approximate surface area is 116 Å². The number of fused-ring (bicyclic) bond motifs is 1. The van der Waals surface area contributed by atoms with Crippen LogP contribution in [0.3, 0.4) is 0 Å². The lowest BCUT2D eigenvalue weighted by atomic mass is 10.2. The largest absolute Gasteiger partial charge is 0.340 e. The highest BCUT2D eigenvalue weighted by Gasteiger charge is 2.13. The van der Waals surface area contributed by atoms with Crippen LogP contribution in [0.5, 0.6) is 0 Å². The highest BCUT2D eigenvalue weighted by atomic mass is 15.3. The van der Waals surface area contributed by atoms with Crippen molar-refractivity contribution in [3.05, 3.63) is 30.1 Å². The Morgan fingerprint density at radius 3 is 3.05 bits per heavy atom. The third-order valence-electron chi connectivity index (χ3n) is 3.26. The normalized spacial score (nSPS) is 11.3. The Hall–Kier alpha value is -2.28. The van der Waals surface area contributed by atoms with Crippen LogP contribution < -0.4 is 5.32 Å². The molecule has 0 bridgehead atoms. The van der Waals surface area contributed by atoms with Gasteiger partial charge in [0, 0.05) is 17.8 Å². The Bertz CT molecular complexity index is 712. The highest BCUT2D eigenvalue weighted by Crippen LogP contribution is 2.17. The molecule has 0 saturated heterocycles. The van der Waals surface area contributed by atoms with Gasteiger partial charge in [-0.1, -0.05) is 6.92 Å². The summed E-state index contributed by atoms with van der Waals surface area (Å²) in [4.78, 5) is 15.6. The van der Waals surface area contributed by atoms with Crippen molar-refractivity contribution in [1.29, 1.82) is 0 Å². The van der Waals surface area contributed by atoms with Gasteiger partial charge in [0.05, 0.1) is 12.5 Å². The summed E-state index contributed by atoms with van der Waals surface area (Å²) in [5.74, 6) is 0.728. The molecule has 0 aliphatic rings. The van der Waals surface area contributed by atoms with Crippen molar-refractivity contribution in [1.82, 2.24) is 35.0 Å². The molecule has 0 saturated carbocycles. The average molecular weight is 271 g/mol. The van der Waals surface area contributed by atoms with E-state index in [9.17, 15) is 0 Å². The molecule has 0 spiro atoms. The zero-order valence-electron chi connectivity index (χ0n) is 11.6. The van der Waals surface area contributed by atoms with E-state index in [0.29, 0.717) is 5.65 Å². The summed E-state index contributed by atoms with van der Waals surface area (Å²) in [6.45, 7) is 6.01. The van der Waals surface area contributed by atoms with Crippen molar-refractivity contribution in [2.24, 2.45) is 0 Å². The summed E-state index contributed by atoms with van der Waals surface area (Å²) in [5, 5.41) is 7.82. The number of nitrogens with zero attached hydrogens (tertiary/aromatic N) is 5. The second-order valence-corrected chi connectivity index (χ2v) is 4.64. The molecule has 3 aromatic heterocycles. The molecule has 104 valence electrons.